The summed E-state index contributed by atoms with van der Waals surface area (Å²) in [6, 6.07) is 7.88. The lowest BCUT2D eigenvalue weighted by molar-refractivity contribution is -0.183. The number of aliphatic hydroxyl groups is 1. The van der Waals surface area contributed by atoms with Crippen molar-refractivity contribution in [3.05, 3.63) is 35.9 Å². The van der Waals surface area contributed by atoms with E-state index in [0.717, 1.165) is 5.56 Å². The molecule has 7 heteroatoms. The van der Waals surface area contributed by atoms with Gasteiger partial charge in [0, 0.05) is 6.04 Å². The fraction of sp³-hybridized carbons (Fsp3) is 0.588. The molecule has 24 heavy (non-hydrogen) atoms. The second-order valence-corrected chi connectivity index (χ2v) is 6.29. The van der Waals surface area contributed by atoms with E-state index in [1.807, 2.05) is 30.3 Å². The predicted octanol–water partition coefficient (Wildman–Crippen LogP) is 3.01. The van der Waals surface area contributed by atoms with Gasteiger partial charge in [-0.1, -0.05) is 36.8 Å². The highest BCUT2D eigenvalue weighted by Crippen LogP contribution is 2.37. The second kappa shape index (κ2) is 8.37. The molecule has 1 saturated carbocycles. The summed E-state index contributed by atoms with van der Waals surface area (Å²) >= 11 is 0. The van der Waals surface area contributed by atoms with E-state index in [9.17, 15) is 23.1 Å². The normalized spacial score (nSPS) is 22.7. The third-order valence-electron chi connectivity index (χ3n) is 4.35. The summed E-state index contributed by atoms with van der Waals surface area (Å²) in [6.45, 7) is -0.238. The third kappa shape index (κ3) is 5.70. The van der Waals surface area contributed by atoms with Gasteiger partial charge in [-0.25, -0.2) is 4.79 Å². The molecule has 2 rings (SSSR count). The summed E-state index contributed by atoms with van der Waals surface area (Å²) in [4.78, 5) is 12.0. The van der Waals surface area contributed by atoms with Crippen LogP contribution in [0.5, 0.6) is 0 Å². The molecule has 3 atom stereocenters. The molecule has 1 aliphatic carbocycles. The molecule has 0 heterocycles. The Hall–Kier alpha value is -1.76. The maximum absolute atomic E-state index is 12.8. The number of alkyl halides is 3. The molecule has 1 aromatic rings. The molecule has 0 saturated heterocycles. The van der Waals surface area contributed by atoms with Crippen LogP contribution in [-0.2, 0) is 6.42 Å². The van der Waals surface area contributed by atoms with Crippen molar-refractivity contribution in [2.24, 2.45) is 5.92 Å². The number of urea groups is 1. The van der Waals surface area contributed by atoms with E-state index in [0.29, 0.717) is 19.3 Å². The van der Waals surface area contributed by atoms with Gasteiger partial charge in [0.25, 0.3) is 0 Å². The van der Waals surface area contributed by atoms with Crippen LogP contribution in [0.1, 0.15) is 31.2 Å². The number of carbonyl (C=O) groups is 1. The van der Waals surface area contributed by atoms with Crippen LogP contribution in [-0.4, -0.2) is 36.0 Å². The number of halogens is 3. The molecule has 2 amide bonds. The first-order valence-electron chi connectivity index (χ1n) is 8.17. The standard InChI is InChI=1S/C17H23F3N2O2/c18-17(19,20)13-7-4-8-14(10-13)21-16(24)22-15(11-23)9-12-5-2-1-3-6-12/h1-3,5-6,13-15,23H,4,7-11H2,(H2,21,22,24)/t13-,14+,15-/m0/s1. The Morgan fingerprint density at radius 2 is 1.96 bits per heavy atom. The van der Waals surface area contributed by atoms with E-state index in [1.54, 1.807) is 0 Å². The Bertz CT molecular complexity index is 522. The topological polar surface area (TPSA) is 61.4 Å². The number of amides is 2. The molecular formula is C17H23F3N2O2. The monoisotopic (exact) mass is 344 g/mol. The van der Waals surface area contributed by atoms with E-state index < -0.39 is 30.2 Å². The number of rotatable bonds is 5. The van der Waals surface area contributed by atoms with E-state index in [4.69, 9.17) is 0 Å². The molecule has 3 N–H and O–H groups in total. The highest BCUT2D eigenvalue weighted by molar-refractivity contribution is 5.74. The van der Waals surface area contributed by atoms with Crippen molar-refractivity contribution in [3.63, 3.8) is 0 Å². The maximum atomic E-state index is 12.8. The van der Waals surface area contributed by atoms with Gasteiger partial charge in [0.15, 0.2) is 0 Å². The number of aliphatic hydroxyl groups excluding tert-OH is 1. The van der Waals surface area contributed by atoms with Crippen LogP contribution < -0.4 is 10.6 Å². The third-order valence-corrected chi connectivity index (χ3v) is 4.35. The van der Waals surface area contributed by atoms with E-state index in [1.165, 1.54) is 0 Å². The van der Waals surface area contributed by atoms with Crippen molar-refractivity contribution in [2.75, 3.05) is 6.61 Å². The van der Waals surface area contributed by atoms with Gasteiger partial charge in [-0.2, -0.15) is 13.2 Å². The largest absolute Gasteiger partial charge is 0.394 e. The Labute approximate surface area is 139 Å². The van der Waals surface area contributed by atoms with Gasteiger partial charge in [0.05, 0.1) is 18.6 Å². The van der Waals surface area contributed by atoms with Crippen molar-refractivity contribution in [1.29, 1.82) is 0 Å². The molecule has 0 bridgehead atoms. The molecule has 4 nitrogen and oxygen atoms in total. The molecule has 0 radical (unpaired) electrons. The molecule has 0 aliphatic heterocycles. The summed E-state index contributed by atoms with van der Waals surface area (Å²) in [5.41, 5.74) is 0.964. The number of carbonyl (C=O) groups excluding carboxylic acids is 1. The summed E-state index contributed by atoms with van der Waals surface area (Å²) in [5, 5.41) is 14.6. The lowest BCUT2D eigenvalue weighted by Gasteiger charge is -2.31. The Kier molecular flexibility index (Phi) is 6.48. The fourth-order valence-corrected chi connectivity index (χ4v) is 3.09. The summed E-state index contributed by atoms with van der Waals surface area (Å²) < 4.78 is 38.4. The Morgan fingerprint density at radius 1 is 1.25 bits per heavy atom. The first-order chi connectivity index (χ1) is 11.4. The van der Waals surface area contributed by atoms with Crippen molar-refractivity contribution in [1.82, 2.24) is 10.6 Å². The quantitative estimate of drug-likeness (QED) is 0.769. The fourth-order valence-electron chi connectivity index (χ4n) is 3.09. The van der Waals surface area contributed by atoms with Crippen LogP contribution in [0, 0.1) is 5.92 Å². The number of hydrogen-bond donors (Lipinski definition) is 3. The van der Waals surface area contributed by atoms with Gasteiger partial charge < -0.3 is 15.7 Å². The average Bonchev–Trinajstić information content (AvgIpc) is 2.54. The van der Waals surface area contributed by atoms with Crippen LogP contribution in [0.2, 0.25) is 0 Å². The maximum Gasteiger partial charge on any atom is 0.391 e. The molecule has 0 aromatic heterocycles. The molecule has 1 aliphatic rings. The van der Waals surface area contributed by atoms with Crippen molar-refractivity contribution in [2.45, 2.75) is 50.4 Å². The first kappa shape index (κ1) is 18.6. The first-order valence-corrected chi connectivity index (χ1v) is 8.17. The van der Waals surface area contributed by atoms with Gasteiger partial charge in [-0.3, -0.25) is 0 Å². The van der Waals surface area contributed by atoms with Gasteiger partial charge in [-0.15, -0.1) is 0 Å². The van der Waals surface area contributed by atoms with Crippen LogP contribution in [0.25, 0.3) is 0 Å². The summed E-state index contributed by atoms with van der Waals surface area (Å²) in [7, 11) is 0. The minimum absolute atomic E-state index is 0.0839. The van der Waals surface area contributed by atoms with Crippen LogP contribution in [0.4, 0.5) is 18.0 Å². The van der Waals surface area contributed by atoms with Gasteiger partial charge in [0.2, 0.25) is 0 Å². The van der Waals surface area contributed by atoms with Gasteiger partial charge in [0.1, 0.15) is 0 Å². The smallest absolute Gasteiger partial charge is 0.391 e. The lowest BCUT2D eigenvalue weighted by atomic mass is 9.85. The van der Waals surface area contributed by atoms with Crippen molar-refractivity contribution < 1.29 is 23.1 Å². The second-order valence-electron chi connectivity index (χ2n) is 6.29. The summed E-state index contributed by atoms with van der Waals surface area (Å²) in [5.74, 6) is -1.35. The van der Waals surface area contributed by atoms with E-state index >= 15 is 0 Å². The zero-order chi connectivity index (χ0) is 17.6. The SMILES string of the molecule is O=C(N[C@H](CO)Cc1ccccc1)N[C@@H]1CCC[C@H](C(F)(F)F)C1. The Morgan fingerprint density at radius 3 is 2.58 bits per heavy atom. The molecule has 0 spiro atoms. The minimum Gasteiger partial charge on any atom is -0.394 e. The highest BCUT2D eigenvalue weighted by atomic mass is 19.4. The average molecular weight is 344 g/mol. The highest BCUT2D eigenvalue weighted by Gasteiger charge is 2.42. The molecule has 134 valence electrons. The van der Waals surface area contributed by atoms with Crippen molar-refractivity contribution in [3.8, 4) is 0 Å². The summed E-state index contributed by atoms with van der Waals surface area (Å²) in [6.07, 6.45) is -2.72. The number of hydrogen-bond acceptors (Lipinski definition) is 2. The zero-order valence-electron chi connectivity index (χ0n) is 13.4. The zero-order valence-corrected chi connectivity index (χ0v) is 13.4. The Balaban J connectivity index is 1.83. The lowest BCUT2D eigenvalue weighted by Crippen LogP contribution is -2.50. The molecule has 1 aromatic carbocycles. The van der Waals surface area contributed by atoms with Crippen LogP contribution in [0.3, 0.4) is 0 Å². The van der Waals surface area contributed by atoms with E-state index in [-0.39, 0.29) is 19.4 Å². The van der Waals surface area contributed by atoms with E-state index in [2.05, 4.69) is 10.6 Å². The van der Waals surface area contributed by atoms with Gasteiger partial charge >= 0.3 is 12.2 Å². The van der Waals surface area contributed by atoms with Crippen LogP contribution in [0.15, 0.2) is 30.3 Å². The predicted molar refractivity (Wildman–Crippen MR) is 84.5 cm³/mol. The molecule has 0 unspecified atom stereocenters. The van der Waals surface area contributed by atoms with Crippen LogP contribution >= 0.6 is 0 Å². The molecular weight excluding hydrogens is 321 g/mol. The van der Waals surface area contributed by atoms with Crippen molar-refractivity contribution >= 4 is 6.03 Å². The minimum atomic E-state index is -4.21. The number of nitrogens with one attached hydrogen (secondary N) is 2. The molecule has 1 fully saturated rings. The van der Waals surface area contributed by atoms with Gasteiger partial charge in [-0.05, 0) is 31.2 Å². The number of benzene rings is 1.